The van der Waals surface area contributed by atoms with Gasteiger partial charge >= 0.3 is 0 Å². The van der Waals surface area contributed by atoms with E-state index in [-0.39, 0.29) is 0 Å². The van der Waals surface area contributed by atoms with Crippen LogP contribution in [-0.4, -0.2) is 11.6 Å². The van der Waals surface area contributed by atoms with Crippen LogP contribution in [0.4, 0.5) is 0 Å². The monoisotopic (exact) mass is 418 g/mol. The number of hydrogen-bond donors (Lipinski definition) is 1. The van der Waals surface area contributed by atoms with E-state index in [1.165, 1.54) is 148 Å². The van der Waals surface area contributed by atoms with Gasteiger partial charge in [-0.25, -0.2) is 0 Å². The van der Waals surface area contributed by atoms with Crippen LogP contribution in [0.2, 0.25) is 0 Å². The summed E-state index contributed by atoms with van der Waals surface area (Å²) in [5, 5.41) is 0. The second-order valence-corrected chi connectivity index (χ2v) is 9.37. The van der Waals surface area contributed by atoms with E-state index in [9.17, 15) is 0 Å². The molecule has 0 aliphatic carbocycles. The van der Waals surface area contributed by atoms with Crippen molar-refractivity contribution in [1.82, 2.24) is 0 Å². The smallest absolute Gasteiger partial charge is 0.0223 e. The van der Waals surface area contributed by atoms with Crippen LogP contribution in [0.15, 0.2) is 0 Å². The summed E-state index contributed by atoms with van der Waals surface area (Å²) in [5.74, 6) is 1.91. The summed E-state index contributed by atoms with van der Waals surface area (Å²) in [7, 11) is 0. The van der Waals surface area contributed by atoms with Crippen LogP contribution in [-0.2, 0) is 0 Å². The highest BCUT2D eigenvalue weighted by molar-refractivity contribution is 7.80. The normalized spacial score (nSPS) is 11.3. The summed E-state index contributed by atoms with van der Waals surface area (Å²) in [6.45, 7) is 0. The van der Waals surface area contributed by atoms with Gasteiger partial charge in [0.15, 0.2) is 0 Å². The van der Waals surface area contributed by atoms with Gasteiger partial charge in [-0.15, -0.1) is 11.6 Å². The van der Waals surface area contributed by atoms with Gasteiger partial charge < -0.3 is 0 Å². The Hall–Kier alpha value is 0.640. The summed E-state index contributed by atoms with van der Waals surface area (Å²) >= 11 is 9.96. The van der Waals surface area contributed by atoms with Crippen LogP contribution >= 0.6 is 24.2 Å². The minimum atomic E-state index is 0.845. The molecule has 27 heavy (non-hydrogen) atoms. The molecular weight excluding hydrogens is 368 g/mol. The molecule has 0 unspecified atom stereocenters. The lowest BCUT2D eigenvalue weighted by Crippen LogP contribution is -1.85. The first-order valence-electron chi connectivity index (χ1n) is 12.6. The summed E-state index contributed by atoms with van der Waals surface area (Å²) < 4.78 is 0. The molecule has 0 saturated carbocycles. The third kappa shape index (κ3) is 26.6. The van der Waals surface area contributed by atoms with Gasteiger partial charge in [0, 0.05) is 5.88 Å². The van der Waals surface area contributed by atoms with E-state index in [0.29, 0.717) is 0 Å². The summed E-state index contributed by atoms with van der Waals surface area (Å²) in [6, 6.07) is 0. The first-order chi connectivity index (χ1) is 13.4. The molecule has 164 valence electrons. The van der Waals surface area contributed by atoms with Crippen molar-refractivity contribution in [2.24, 2.45) is 0 Å². The Morgan fingerprint density at radius 3 is 0.667 bits per heavy atom. The van der Waals surface area contributed by atoms with E-state index < -0.39 is 0 Å². The van der Waals surface area contributed by atoms with Crippen LogP contribution in [0.25, 0.3) is 0 Å². The van der Waals surface area contributed by atoms with Crippen molar-refractivity contribution in [3.8, 4) is 0 Å². The molecule has 0 N–H and O–H groups in total. The second-order valence-electron chi connectivity index (χ2n) is 8.54. The predicted molar refractivity (Wildman–Crippen MR) is 131 cm³/mol. The number of rotatable bonds is 24. The van der Waals surface area contributed by atoms with Gasteiger partial charge in [-0.05, 0) is 18.6 Å². The van der Waals surface area contributed by atoms with E-state index in [1.54, 1.807) is 0 Å². The average Bonchev–Trinajstić information content (AvgIpc) is 2.68. The van der Waals surface area contributed by atoms with Crippen LogP contribution in [0, 0.1) is 0 Å². The summed E-state index contributed by atoms with van der Waals surface area (Å²) in [4.78, 5) is 0. The second kappa shape index (κ2) is 26.6. The Morgan fingerprint density at radius 1 is 0.296 bits per heavy atom. The highest BCUT2D eigenvalue weighted by atomic mass is 35.5. The SMILES string of the molecule is SCCCCCCCCCCCCCCCCCCCCCCCCCCl. The van der Waals surface area contributed by atoms with Gasteiger partial charge in [-0.3, -0.25) is 0 Å². The third-order valence-corrected chi connectivity index (χ3v) is 6.38. The molecule has 0 bridgehead atoms. The molecular formula is C25H51ClS. The van der Waals surface area contributed by atoms with Crippen molar-refractivity contribution in [3.63, 3.8) is 0 Å². The minimum Gasteiger partial charge on any atom is -0.179 e. The van der Waals surface area contributed by atoms with Crippen LogP contribution in [0.1, 0.15) is 148 Å². The largest absolute Gasteiger partial charge is 0.179 e. The molecule has 0 saturated heterocycles. The summed E-state index contributed by atoms with van der Waals surface area (Å²) in [6.07, 6.45) is 33.0. The lowest BCUT2D eigenvalue weighted by molar-refractivity contribution is 0.519. The number of alkyl halides is 1. The Morgan fingerprint density at radius 2 is 0.481 bits per heavy atom. The molecule has 0 amide bonds. The number of halogens is 1. The molecule has 0 atom stereocenters. The van der Waals surface area contributed by atoms with Crippen LogP contribution < -0.4 is 0 Å². The lowest BCUT2D eigenvalue weighted by atomic mass is 10.0. The van der Waals surface area contributed by atoms with E-state index in [0.717, 1.165) is 11.6 Å². The van der Waals surface area contributed by atoms with Crippen molar-refractivity contribution in [2.75, 3.05) is 11.6 Å². The molecule has 2 heteroatoms. The van der Waals surface area contributed by atoms with Crippen molar-refractivity contribution in [2.45, 2.75) is 148 Å². The van der Waals surface area contributed by atoms with Gasteiger partial charge in [0.05, 0.1) is 0 Å². The molecule has 0 fully saturated rings. The zero-order valence-corrected chi connectivity index (χ0v) is 20.2. The van der Waals surface area contributed by atoms with E-state index in [1.807, 2.05) is 0 Å². The fourth-order valence-electron chi connectivity index (χ4n) is 3.92. The Bertz CT molecular complexity index is 220. The average molecular weight is 419 g/mol. The molecule has 0 aromatic heterocycles. The van der Waals surface area contributed by atoms with E-state index >= 15 is 0 Å². The maximum absolute atomic E-state index is 5.70. The van der Waals surface area contributed by atoms with E-state index in [4.69, 9.17) is 11.6 Å². The van der Waals surface area contributed by atoms with Gasteiger partial charge in [0.25, 0.3) is 0 Å². The molecule has 0 aromatic carbocycles. The van der Waals surface area contributed by atoms with Crippen LogP contribution in [0.5, 0.6) is 0 Å². The highest BCUT2D eigenvalue weighted by Crippen LogP contribution is 2.15. The fraction of sp³-hybridized carbons (Fsp3) is 1.00. The van der Waals surface area contributed by atoms with Crippen molar-refractivity contribution in [3.05, 3.63) is 0 Å². The molecule has 0 spiro atoms. The quantitative estimate of drug-likeness (QED) is 0.0898. The molecule has 0 aliphatic rings. The zero-order valence-electron chi connectivity index (χ0n) is 18.5. The Balaban J connectivity index is 2.95. The third-order valence-electron chi connectivity index (χ3n) is 5.79. The van der Waals surface area contributed by atoms with Gasteiger partial charge in [0.2, 0.25) is 0 Å². The number of hydrogen-bond acceptors (Lipinski definition) is 1. The van der Waals surface area contributed by atoms with Crippen molar-refractivity contribution >= 4 is 24.2 Å². The molecule has 0 rings (SSSR count). The minimum absolute atomic E-state index is 0.845. The van der Waals surface area contributed by atoms with Gasteiger partial charge in [-0.1, -0.05) is 135 Å². The lowest BCUT2D eigenvalue weighted by Gasteiger charge is -2.04. The first kappa shape index (κ1) is 27.6. The Kier molecular flexibility index (Phi) is 27.3. The topological polar surface area (TPSA) is 0 Å². The summed E-state index contributed by atoms with van der Waals surface area (Å²) in [5.41, 5.74) is 0. The highest BCUT2D eigenvalue weighted by Gasteiger charge is 1.96. The molecule has 0 radical (unpaired) electrons. The zero-order chi connectivity index (χ0) is 19.7. The molecule has 0 heterocycles. The molecule has 0 aliphatic heterocycles. The molecule has 0 aromatic rings. The predicted octanol–water partition coefficient (Wildman–Crippen LogP) is 10.1. The van der Waals surface area contributed by atoms with Gasteiger partial charge in [0.1, 0.15) is 0 Å². The van der Waals surface area contributed by atoms with E-state index in [2.05, 4.69) is 12.6 Å². The Labute approximate surface area is 183 Å². The number of thiol groups is 1. The van der Waals surface area contributed by atoms with Crippen molar-refractivity contribution in [1.29, 1.82) is 0 Å². The van der Waals surface area contributed by atoms with Crippen LogP contribution in [0.3, 0.4) is 0 Å². The fourth-order valence-corrected chi connectivity index (χ4v) is 4.33. The van der Waals surface area contributed by atoms with Gasteiger partial charge in [-0.2, -0.15) is 12.6 Å². The first-order valence-corrected chi connectivity index (χ1v) is 13.8. The number of unbranched alkanes of at least 4 members (excludes halogenated alkanes) is 22. The maximum atomic E-state index is 5.70. The molecule has 0 nitrogen and oxygen atoms in total. The maximum Gasteiger partial charge on any atom is 0.0223 e. The standard InChI is InChI=1S/C25H51ClS/c26-24-22-20-18-16-14-12-10-8-6-4-2-1-3-5-7-9-11-13-15-17-19-21-23-25-27/h27H,1-25H2. The van der Waals surface area contributed by atoms with Crippen molar-refractivity contribution < 1.29 is 0 Å².